The number of carbonyl (C=O) groups is 2. The van der Waals surface area contributed by atoms with Gasteiger partial charge in [0.05, 0.1) is 5.92 Å². The first-order valence-electron chi connectivity index (χ1n) is 6.71. The molecular weight excluding hydrogens is 273 g/mol. The lowest BCUT2D eigenvalue weighted by Crippen LogP contribution is -2.35. The second kappa shape index (κ2) is 7.57. The van der Waals surface area contributed by atoms with E-state index >= 15 is 0 Å². The fraction of sp³-hybridized carbons (Fsp3) is 0.375. The van der Waals surface area contributed by atoms with Crippen LogP contribution < -0.4 is 5.32 Å². The predicted octanol–water partition coefficient (Wildman–Crippen LogP) is 2.71. The predicted molar refractivity (Wildman–Crippen MR) is 78.4 cm³/mol. The topological polar surface area (TPSA) is 66.4 Å². The van der Waals surface area contributed by atoms with Crippen molar-refractivity contribution in [1.82, 2.24) is 5.32 Å². The molecule has 0 heterocycles. The summed E-state index contributed by atoms with van der Waals surface area (Å²) >= 11 is 0. The van der Waals surface area contributed by atoms with E-state index in [4.69, 9.17) is 0 Å². The molecule has 0 aliphatic heterocycles. The first-order valence-corrected chi connectivity index (χ1v) is 6.71. The average molecular weight is 293 g/mol. The highest BCUT2D eigenvalue weighted by atomic mass is 19.1. The lowest BCUT2D eigenvalue weighted by molar-refractivity contribution is -0.138. The highest BCUT2D eigenvalue weighted by Gasteiger charge is 2.22. The summed E-state index contributed by atoms with van der Waals surface area (Å²) in [5.41, 5.74) is 1.35. The summed E-state index contributed by atoms with van der Waals surface area (Å²) in [4.78, 5) is 23.2. The third-order valence-electron chi connectivity index (χ3n) is 3.15. The highest BCUT2D eigenvalue weighted by Crippen LogP contribution is 2.16. The third kappa shape index (κ3) is 5.38. The molecule has 0 saturated carbocycles. The summed E-state index contributed by atoms with van der Waals surface area (Å²) in [5.74, 6) is -2.86. The Hall–Kier alpha value is -2.17. The van der Waals surface area contributed by atoms with Crippen LogP contribution in [0.25, 0.3) is 0 Å². The van der Waals surface area contributed by atoms with Crippen LogP contribution in [0.4, 0.5) is 4.39 Å². The van der Waals surface area contributed by atoms with Crippen LogP contribution in [0.3, 0.4) is 0 Å². The standard InChI is InChI=1S/C16H20FNO3/c1-10(2)8-11(3)15(19)18-9-14(16(20)21)12-4-6-13(17)7-5-12/h4-7,11,14H,1,8-9H2,2-3H3,(H,18,19)(H,20,21). The number of hydrogen-bond donors (Lipinski definition) is 2. The number of aliphatic carboxylic acids is 1. The molecule has 1 rings (SSSR count). The molecule has 0 spiro atoms. The number of allylic oxidation sites excluding steroid dienone is 1. The van der Waals surface area contributed by atoms with Crippen molar-refractivity contribution < 1.29 is 19.1 Å². The quantitative estimate of drug-likeness (QED) is 0.760. The lowest BCUT2D eigenvalue weighted by atomic mass is 9.98. The Morgan fingerprint density at radius 2 is 1.90 bits per heavy atom. The maximum atomic E-state index is 12.9. The fourth-order valence-corrected chi connectivity index (χ4v) is 2.04. The molecule has 0 fully saturated rings. The fourth-order valence-electron chi connectivity index (χ4n) is 2.04. The van der Waals surface area contributed by atoms with Gasteiger partial charge in [-0.3, -0.25) is 9.59 Å². The van der Waals surface area contributed by atoms with E-state index in [2.05, 4.69) is 11.9 Å². The van der Waals surface area contributed by atoms with E-state index in [0.29, 0.717) is 12.0 Å². The van der Waals surface area contributed by atoms with Crippen LogP contribution in [0.15, 0.2) is 36.4 Å². The number of nitrogens with one attached hydrogen (secondary N) is 1. The Labute approximate surface area is 123 Å². The summed E-state index contributed by atoms with van der Waals surface area (Å²) in [6.07, 6.45) is 0.556. The first kappa shape index (κ1) is 16.9. The molecule has 1 aromatic carbocycles. The molecule has 1 aromatic rings. The minimum Gasteiger partial charge on any atom is -0.481 e. The molecule has 2 unspecified atom stereocenters. The first-order chi connectivity index (χ1) is 9.81. The number of carboxylic acid groups (broad SMARTS) is 1. The van der Waals surface area contributed by atoms with Crippen molar-refractivity contribution >= 4 is 11.9 Å². The van der Waals surface area contributed by atoms with Gasteiger partial charge in [-0.2, -0.15) is 0 Å². The second-order valence-electron chi connectivity index (χ2n) is 5.25. The smallest absolute Gasteiger partial charge is 0.312 e. The number of carboxylic acids is 1. The SMILES string of the molecule is C=C(C)CC(C)C(=O)NCC(C(=O)O)c1ccc(F)cc1. The lowest BCUT2D eigenvalue weighted by Gasteiger charge is -2.16. The Bertz CT molecular complexity index is 525. The number of amides is 1. The molecule has 5 heteroatoms. The number of rotatable bonds is 7. The van der Waals surface area contributed by atoms with E-state index < -0.39 is 17.7 Å². The van der Waals surface area contributed by atoms with Gasteiger partial charge >= 0.3 is 5.97 Å². The number of carbonyl (C=O) groups excluding carboxylic acids is 1. The van der Waals surface area contributed by atoms with Gasteiger partial charge in [-0.05, 0) is 31.0 Å². The summed E-state index contributed by atoms with van der Waals surface area (Å²) in [6, 6.07) is 5.24. The molecule has 21 heavy (non-hydrogen) atoms. The van der Waals surface area contributed by atoms with Crippen molar-refractivity contribution in [3.05, 3.63) is 47.8 Å². The normalized spacial score (nSPS) is 13.3. The van der Waals surface area contributed by atoms with Crippen molar-refractivity contribution in [2.24, 2.45) is 5.92 Å². The number of benzene rings is 1. The maximum Gasteiger partial charge on any atom is 0.312 e. The molecule has 0 aromatic heterocycles. The number of halogens is 1. The van der Waals surface area contributed by atoms with Crippen LogP contribution in [-0.2, 0) is 9.59 Å². The zero-order chi connectivity index (χ0) is 16.0. The monoisotopic (exact) mass is 293 g/mol. The summed E-state index contributed by atoms with van der Waals surface area (Å²) in [6.45, 7) is 7.32. The average Bonchev–Trinajstić information content (AvgIpc) is 2.39. The van der Waals surface area contributed by atoms with Gasteiger partial charge < -0.3 is 10.4 Å². The Kier molecular flexibility index (Phi) is 6.09. The van der Waals surface area contributed by atoms with Gasteiger partial charge in [0.25, 0.3) is 0 Å². The zero-order valence-corrected chi connectivity index (χ0v) is 12.2. The Morgan fingerprint density at radius 1 is 1.33 bits per heavy atom. The number of hydrogen-bond acceptors (Lipinski definition) is 2. The second-order valence-corrected chi connectivity index (χ2v) is 5.25. The van der Waals surface area contributed by atoms with Gasteiger partial charge in [0.15, 0.2) is 0 Å². The molecule has 0 aliphatic carbocycles. The van der Waals surface area contributed by atoms with Crippen molar-refractivity contribution in [2.45, 2.75) is 26.2 Å². The zero-order valence-electron chi connectivity index (χ0n) is 12.2. The van der Waals surface area contributed by atoms with Crippen LogP contribution in [0.5, 0.6) is 0 Å². The molecule has 2 atom stereocenters. The molecule has 1 amide bonds. The van der Waals surface area contributed by atoms with Crippen LogP contribution in [0.1, 0.15) is 31.7 Å². The van der Waals surface area contributed by atoms with Crippen molar-refractivity contribution in [2.75, 3.05) is 6.54 Å². The van der Waals surface area contributed by atoms with E-state index in [-0.39, 0.29) is 18.4 Å². The van der Waals surface area contributed by atoms with Crippen LogP contribution in [0, 0.1) is 11.7 Å². The molecule has 4 nitrogen and oxygen atoms in total. The van der Waals surface area contributed by atoms with Crippen molar-refractivity contribution in [1.29, 1.82) is 0 Å². The van der Waals surface area contributed by atoms with Crippen molar-refractivity contribution in [3.8, 4) is 0 Å². The molecule has 0 aliphatic rings. The molecule has 2 N–H and O–H groups in total. The largest absolute Gasteiger partial charge is 0.481 e. The minimum atomic E-state index is -1.06. The third-order valence-corrected chi connectivity index (χ3v) is 3.15. The highest BCUT2D eigenvalue weighted by molar-refractivity contribution is 5.81. The van der Waals surface area contributed by atoms with Crippen LogP contribution in [-0.4, -0.2) is 23.5 Å². The minimum absolute atomic E-state index is 0.0275. The van der Waals surface area contributed by atoms with Gasteiger partial charge in [0.1, 0.15) is 5.82 Å². The molecule has 0 bridgehead atoms. The van der Waals surface area contributed by atoms with Crippen LogP contribution in [0.2, 0.25) is 0 Å². The van der Waals surface area contributed by atoms with E-state index in [1.165, 1.54) is 24.3 Å². The summed E-state index contributed by atoms with van der Waals surface area (Å²) in [7, 11) is 0. The molecular formula is C16H20FNO3. The van der Waals surface area contributed by atoms with E-state index in [1.807, 2.05) is 6.92 Å². The van der Waals surface area contributed by atoms with Gasteiger partial charge in [0.2, 0.25) is 5.91 Å². The van der Waals surface area contributed by atoms with Gasteiger partial charge in [-0.1, -0.05) is 24.6 Å². The Balaban J connectivity index is 2.68. The van der Waals surface area contributed by atoms with E-state index in [1.54, 1.807) is 6.92 Å². The van der Waals surface area contributed by atoms with E-state index in [0.717, 1.165) is 5.57 Å². The van der Waals surface area contributed by atoms with Gasteiger partial charge in [-0.15, -0.1) is 6.58 Å². The van der Waals surface area contributed by atoms with Gasteiger partial charge in [0, 0.05) is 12.5 Å². The van der Waals surface area contributed by atoms with Crippen molar-refractivity contribution in [3.63, 3.8) is 0 Å². The molecule has 0 radical (unpaired) electrons. The van der Waals surface area contributed by atoms with Gasteiger partial charge in [-0.25, -0.2) is 4.39 Å². The summed E-state index contributed by atoms with van der Waals surface area (Å²) < 4.78 is 12.9. The molecule has 114 valence electrons. The van der Waals surface area contributed by atoms with Crippen LogP contribution >= 0.6 is 0 Å². The summed E-state index contributed by atoms with van der Waals surface area (Å²) in [5, 5.41) is 11.9. The van der Waals surface area contributed by atoms with E-state index in [9.17, 15) is 19.1 Å². The maximum absolute atomic E-state index is 12.9. The molecule has 0 saturated heterocycles. The Morgan fingerprint density at radius 3 is 2.38 bits per heavy atom.